The Morgan fingerprint density at radius 2 is 1.43 bits per heavy atom. The Morgan fingerprint density at radius 1 is 0.767 bits per heavy atom. The molecule has 2 heterocycles. The van der Waals surface area contributed by atoms with Crippen molar-refractivity contribution in [3.05, 3.63) is 84.7 Å². The van der Waals surface area contributed by atoms with Gasteiger partial charge in [0.2, 0.25) is 0 Å². The second-order valence-corrected chi connectivity index (χ2v) is 7.27. The van der Waals surface area contributed by atoms with Gasteiger partial charge in [-0.05, 0) is 55.0 Å². The molecule has 4 rings (SSSR count). The number of amides is 2. The van der Waals surface area contributed by atoms with Crippen LogP contribution in [0, 0.1) is 0 Å². The van der Waals surface area contributed by atoms with E-state index in [-0.39, 0.29) is 18.4 Å². The van der Waals surface area contributed by atoms with Gasteiger partial charge in [-0.25, -0.2) is 0 Å². The molecule has 0 aliphatic carbocycles. The summed E-state index contributed by atoms with van der Waals surface area (Å²) in [6.45, 7) is 2.33. The van der Waals surface area contributed by atoms with Crippen molar-refractivity contribution in [1.29, 1.82) is 0 Å². The monoisotopic (exact) mass is 403 g/mol. The van der Waals surface area contributed by atoms with Crippen LogP contribution in [-0.2, 0) is 4.79 Å². The van der Waals surface area contributed by atoms with Gasteiger partial charge in [-0.15, -0.1) is 0 Å². The molecule has 0 unspecified atom stereocenters. The van der Waals surface area contributed by atoms with Gasteiger partial charge in [0, 0.05) is 49.8 Å². The van der Waals surface area contributed by atoms with Crippen molar-refractivity contribution in [3.63, 3.8) is 0 Å². The van der Waals surface area contributed by atoms with Gasteiger partial charge in [0.1, 0.15) is 5.75 Å². The zero-order valence-corrected chi connectivity index (χ0v) is 16.8. The van der Waals surface area contributed by atoms with E-state index in [1.54, 1.807) is 4.90 Å². The van der Waals surface area contributed by atoms with Gasteiger partial charge < -0.3 is 19.1 Å². The number of hydrogen-bond donors (Lipinski definition) is 0. The van der Waals surface area contributed by atoms with Crippen molar-refractivity contribution in [2.45, 2.75) is 6.42 Å². The van der Waals surface area contributed by atoms with E-state index in [1.165, 1.54) is 0 Å². The molecular weight excluding hydrogens is 378 g/mol. The molecule has 3 aromatic rings. The summed E-state index contributed by atoms with van der Waals surface area (Å²) in [6.07, 6.45) is 4.70. The second-order valence-electron chi connectivity index (χ2n) is 7.27. The van der Waals surface area contributed by atoms with Gasteiger partial charge in [-0.2, -0.15) is 0 Å². The molecule has 154 valence electrons. The van der Waals surface area contributed by atoms with Crippen molar-refractivity contribution in [2.24, 2.45) is 0 Å². The van der Waals surface area contributed by atoms with E-state index in [9.17, 15) is 9.59 Å². The fraction of sp³-hybridized carbons (Fsp3) is 0.250. The zero-order chi connectivity index (χ0) is 20.8. The number of hydrogen-bond acceptors (Lipinski definition) is 3. The number of ether oxygens (including phenoxy) is 1. The van der Waals surface area contributed by atoms with Crippen molar-refractivity contribution in [2.75, 3.05) is 32.8 Å². The maximum absolute atomic E-state index is 12.9. The van der Waals surface area contributed by atoms with Crippen LogP contribution in [0.15, 0.2) is 79.1 Å². The number of rotatable bonds is 5. The molecule has 1 saturated heterocycles. The van der Waals surface area contributed by atoms with E-state index in [2.05, 4.69) is 0 Å². The normalized spacial score (nSPS) is 14.3. The molecule has 0 saturated carbocycles. The molecule has 2 aromatic carbocycles. The quantitative estimate of drug-likeness (QED) is 0.657. The molecule has 0 N–H and O–H groups in total. The van der Waals surface area contributed by atoms with Gasteiger partial charge in [0.15, 0.2) is 6.61 Å². The first kappa shape index (κ1) is 19.8. The smallest absolute Gasteiger partial charge is 0.260 e. The number of benzene rings is 2. The van der Waals surface area contributed by atoms with Crippen LogP contribution in [0.4, 0.5) is 0 Å². The molecule has 0 radical (unpaired) electrons. The van der Waals surface area contributed by atoms with E-state index in [1.807, 2.05) is 88.6 Å². The third-order valence-electron chi connectivity index (χ3n) is 5.26. The molecule has 0 bridgehead atoms. The minimum Gasteiger partial charge on any atom is -0.484 e. The van der Waals surface area contributed by atoms with Crippen LogP contribution in [0.1, 0.15) is 16.8 Å². The minimum absolute atomic E-state index is 0.00360. The second kappa shape index (κ2) is 9.31. The molecule has 1 aliphatic rings. The first-order chi connectivity index (χ1) is 14.7. The molecule has 1 fully saturated rings. The number of para-hydroxylation sites is 1. The lowest BCUT2D eigenvalue weighted by atomic mass is 10.1. The first-order valence-electron chi connectivity index (χ1n) is 10.2. The number of carbonyl (C=O) groups excluding carboxylic acids is 2. The Morgan fingerprint density at radius 3 is 2.17 bits per heavy atom. The summed E-state index contributed by atoms with van der Waals surface area (Å²) in [5.74, 6) is 0.633. The Bertz CT molecular complexity index is 969. The Balaban J connectivity index is 1.32. The number of aromatic nitrogens is 1. The van der Waals surface area contributed by atoms with E-state index < -0.39 is 0 Å². The van der Waals surface area contributed by atoms with Crippen molar-refractivity contribution in [1.82, 2.24) is 14.4 Å². The van der Waals surface area contributed by atoms with Crippen LogP contribution in [0.25, 0.3) is 5.69 Å². The van der Waals surface area contributed by atoms with Crippen LogP contribution in [0.5, 0.6) is 5.75 Å². The molecular formula is C24H25N3O3. The minimum atomic E-state index is -0.0516. The summed E-state index contributed by atoms with van der Waals surface area (Å²) in [5, 5.41) is 0. The predicted molar refractivity (Wildman–Crippen MR) is 115 cm³/mol. The molecule has 6 nitrogen and oxygen atoms in total. The van der Waals surface area contributed by atoms with Crippen molar-refractivity contribution in [3.8, 4) is 11.4 Å². The average Bonchev–Trinajstić information content (AvgIpc) is 3.22. The summed E-state index contributed by atoms with van der Waals surface area (Å²) in [7, 11) is 0. The van der Waals surface area contributed by atoms with Crippen molar-refractivity contribution < 1.29 is 14.3 Å². The van der Waals surface area contributed by atoms with Gasteiger partial charge >= 0.3 is 0 Å². The lowest BCUT2D eigenvalue weighted by molar-refractivity contribution is -0.133. The maximum Gasteiger partial charge on any atom is 0.260 e. The number of carbonyl (C=O) groups is 2. The lowest BCUT2D eigenvalue weighted by Gasteiger charge is -2.22. The maximum atomic E-state index is 12.9. The van der Waals surface area contributed by atoms with Crippen LogP contribution in [0.3, 0.4) is 0 Å². The Hall–Kier alpha value is -3.54. The standard InChI is InChI=1S/C24H25N3O3/c28-23(19-30-22-7-2-1-3-8-22)26-15-6-16-27(18-17-26)24(29)20-9-11-21(12-10-20)25-13-4-5-14-25/h1-5,7-14H,6,15-19H2. The Labute approximate surface area is 176 Å². The summed E-state index contributed by atoms with van der Waals surface area (Å²) >= 11 is 0. The van der Waals surface area contributed by atoms with E-state index in [4.69, 9.17) is 4.74 Å². The molecule has 2 amide bonds. The summed E-state index contributed by atoms with van der Waals surface area (Å²) < 4.78 is 7.57. The summed E-state index contributed by atoms with van der Waals surface area (Å²) in [5.41, 5.74) is 1.68. The van der Waals surface area contributed by atoms with Crippen LogP contribution < -0.4 is 4.74 Å². The first-order valence-corrected chi connectivity index (χ1v) is 10.2. The van der Waals surface area contributed by atoms with E-state index >= 15 is 0 Å². The lowest BCUT2D eigenvalue weighted by Crippen LogP contribution is -2.39. The van der Waals surface area contributed by atoms with Gasteiger partial charge in [0.25, 0.3) is 11.8 Å². The highest BCUT2D eigenvalue weighted by Crippen LogP contribution is 2.14. The van der Waals surface area contributed by atoms with E-state index in [0.29, 0.717) is 37.5 Å². The van der Waals surface area contributed by atoms with Crippen molar-refractivity contribution >= 4 is 11.8 Å². The summed E-state index contributed by atoms with van der Waals surface area (Å²) in [4.78, 5) is 29.1. The molecule has 30 heavy (non-hydrogen) atoms. The average molecular weight is 403 g/mol. The predicted octanol–water partition coefficient (Wildman–Crippen LogP) is 3.23. The molecule has 1 aliphatic heterocycles. The molecule has 0 atom stereocenters. The SMILES string of the molecule is O=C(COc1ccccc1)N1CCCN(C(=O)c2ccc(-n3cccc3)cc2)CC1. The van der Waals surface area contributed by atoms with Crippen LogP contribution >= 0.6 is 0 Å². The van der Waals surface area contributed by atoms with Gasteiger partial charge in [0.05, 0.1) is 0 Å². The van der Waals surface area contributed by atoms with Crippen LogP contribution in [0.2, 0.25) is 0 Å². The highest BCUT2D eigenvalue weighted by Gasteiger charge is 2.23. The van der Waals surface area contributed by atoms with Gasteiger partial charge in [-0.3, -0.25) is 9.59 Å². The fourth-order valence-electron chi connectivity index (χ4n) is 3.59. The summed E-state index contributed by atoms with van der Waals surface area (Å²) in [6, 6.07) is 20.9. The van der Waals surface area contributed by atoms with Crippen LogP contribution in [-0.4, -0.2) is 59.0 Å². The molecule has 6 heteroatoms. The molecule has 0 spiro atoms. The molecule has 1 aromatic heterocycles. The third kappa shape index (κ3) is 4.71. The zero-order valence-electron chi connectivity index (χ0n) is 16.8. The largest absolute Gasteiger partial charge is 0.484 e. The topological polar surface area (TPSA) is 54.8 Å². The highest BCUT2D eigenvalue weighted by atomic mass is 16.5. The third-order valence-corrected chi connectivity index (χ3v) is 5.26. The Kier molecular flexibility index (Phi) is 6.13. The highest BCUT2D eigenvalue weighted by molar-refractivity contribution is 5.94. The van der Waals surface area contributed by atoms with E-state index in [0.717, 1.165) is 12.1 Å². The number of nitrogens with zero attached hydrogens (tertiary/aromatic N) is 3. The van der Waals surface area contributed by atoms with Gasteiger partial charge in [-0.1, -0.05) is 18.2 Å². The fourth-order valence-corrected chi connectivity index (χ4v) is 3.59.